The number of carboxylic acid groups (broad SMARTS) is 1. The number of hydrogen-bond donors (Lipinski definition) is 3. The van der Waals surface area contributed by atoms with Gasteiger partial charge in [0.1, 0.15) is 6.04 Å². The van der Waals surface area contributed by atoms with E-state index in [4.69, 9.17) is 16.7 Å². The average molecular weight is 265 g/mol. The third-order valence-electron chi connectivity index (χ3n) is 3.51. The molecule has 0 saturated heterocycles. The third-order valence-corrected chi connectivity index (χ3v) is 3.83. The molecule has 1 aromatic heterocycles. The summed E-state index contributed by atoms with van der Waals surface area (Å²) in [6.45, 7) is 1.96. The number of para-hydroxylation sites is 1. The summed E-state index contributed by atoms with van der Waals surface area (Å²) in [6, 6.07) is 5.15. The normalized spacial score (nSPS) is 23.0. The lowest BCUT2D eigenvalue weighted by atomic mass is 9.95. The molecule has 3 N–H and O–H groups in total. The molecular weight excluding hydrogens is 252 g/mol. The van der Waals surface area contributed by atoms with Crippen LogP contribution in [0.15, 0.2) is 18.2 Å². The van der Waals surface area contributed by atoms with Crippen LogP contribution in [-0.4, -0.2) is 22.1 Å². The topological polar surface area (TPSA) is 65.1 Å². The van der Waals surface area contributed by atoms with Crippen LogP contribution in [0.1, 0.15) is 24.2 Å². The van der Waals surface area contributed by atoms with Gasteiger partial charge in [-0.1, -0.05) is 23.7 Å². The summed E-state index contributed by atoms with van der Waals surface area (Å²) < 4.78 is 0. The first-order valence-corrected chi connectivity index (χ1v) is 6.23. The molecule has 0 aliphatic carbocycles. The van der Waals surface area contributed by atoms with Crippen molar-refractivity contribution in [1.29, 1.82) is 0 Å². The summed E-state index contributed by atoms with van der Waals surface area (Å²) in [6.07, 6.45) is 0.481. The van der Waals surface area contributed by atoms with Gasteiger partial charge in [0, 0.05) is 23.5 Å². The average Bonchev–Trinajstić information content (AvgIpc) is 2.70. The van der Waals surface area contributed by atoms with Crippen LogP contribution < -0.4 is 5.32 Å². The van der Waals surface area contributed by atoms with Gasteiger partial charge >= 0.3 is 5.97 Å². The maximum Gasteiger partial charge on any atom is 0.321 e. The van der Waals surface area contributed by atoms with Crippen LogP contribution >= 0.6 is 11.6 Å². The SMILES string of the molecule is CC1NC(C(=O)O)Cc2c1[nH]c1c(Cl)cccc21. The van der Waals surface area contributed by atoms with Crippen molar-refractivity contribution in [3.63, 3.8) is 0 Å². The number of fused-ring (bicyclic) bond motifs is 3. The van der Waals surface area contributed by atoms with Crippen LogP contribution in [0, 0.1) is 0 Å². The van der Waals surface area contributed by atoms with E-state index in [0.29, 0.717) is 11.4 Å². The van der Waals surface area contributed by atoms with E-state index >= 15 is 0 Å². The molecule has 4 nitrogen and oxygen atoms in total. The van der Waals surface area contributed by atoms with Crippen molar-refractivity contribution < 1.29 is 9.90 Å². The Bertz CT molecular complexity index is 635. The Morgan fingerprint density at radius 2 is 2.28 bits per heavy atom. The molecule has 0 spiro atoms. The lowest BCUT2D eigenvalue weighted by molar-refractivity contribution is -0.139. The van der Waals surface area contributed by atoms with E-state index in [2.05, 4.69) is 10.3 Å². The number of hydrogen-bond acceptors (Lipinski definition) is 2. The number of rotatable bonds is 1. The molecule has 1 aromatic carbocycles. The standard InChI is InChI=1S/C13H13ClN2O2/c1-6-11-8(5-10(15-6)13(17)18)7-3-2-4-9(14)12(7)16-11/h2-4,6,10,15-16H,5H2,1H3,(H,17,18). The molecule has 94 valence electrons. The second-order valence-electron chi connectivity index (χ2n) is 4.66. The first-order chi connectivity index (χ1) is 8.58. The largest absolute Gasteiger partial charge is 0.480 e. The van der Waals surface area contributed by atoms with E-state index in [1.165, 1.54) is 0 Å². The molecule has 0 radical (unpaired) electrons. The fourth-order valence-electron chi connectivity index (χ4n) is 2.65. The van der Waals surface area contributed by atoms with E-state index in [9.17, 15) is 4.79 Å². The number of nitrogens with one attached hydrogen (secondary N) is 2. The van der Waals surface area contributed by atoms with Gasteiger partial charge in [0.05, 0.1) is 10.5 Å². The van der Waals surface area contributed by atoms with Crippen molar-refractivity contribution in [2.45, 2.75) is 25.4 Å². The molecule has 0 bridgehead atoms. The quantitative estimate of drug-likeness (QED) is 0.741. The van der Waals surface area contributed by atoms with E-state index in [0.717, 1.165) is 22.2 Å². The fraction of sp³-hybridized carbons (Fsp3) is 0.308. The fourth-order valence-corrected chi connectivity index (χ4v) is 2.88. The molecule has 1 aliphatic heterocycles. The van der Waals surface area contributed by atoms with Crippen LogP contribution in [-0.2, 0) is 11.2 Å². The molecule has 0 amide bonds. The third kappa shape index (κ3) is 1.61. The number of aliphatic carboxylic acids is 1. The number of aromatic nitrogens is 1. The van der Waals surface area contributed by atoms with Crippen molar-refractivity contribution in [3.8, 4) is 0 Å². The van der Waals surface area contributed by atoms with Gasteiger partial charge in [-0.15, -0.1) is 0 Å². The Hall–Kier alpha value is -1.52. The van der Waals surface area contributed by atoms with Crippen molar-refractivity contribution in [2.75, 3.05) is 0 Å². The highest BCUT2D eigenvalue weighted by Crippen LogP contribution is 2.34. The Labute approximate surface area is 109 Å². The maximum atomic E-state index is 11.1. The van der Waals surface area contributed by atoms with E-state index < -0.39 is 12.0 Å². The van der Waals surface area contributed by atoms with Gasteiger partial charge in [0.15, 0.2) is 0 Å². The van der Waals surface area contributed by atoms with Gasteiger partial charge < -0.3 is 10.1 Å². The summed E-state index contributed by atoms with van der Waals surface area (Å²) in [5.41, 5.74) is 2.99. The van der Waals surface area contributed by atoms with Crippen LogP contribution in [0.3, 0.4) is 0 Å². The van der Waals surface area contributed by atoms with Crippen molar-refractivity contribution >= 4 is 28.5 Å². The molecule has 18 heavy (non-hydrogen) atoms. The predicted octanol–water partition coefficient (Wildman–Crippen LogP) is 2.48. The molecule has 0 saturated carbocycles. The zero-order chi connectivity index (χ0) is 12.9. The number of carbonyl (C=O) groups is 1. The van der Waals surface area contributed by atoms with Gasteiger partial charge in [0.2, 0.25) is 0 Å². The van der Waals surface area contributed by atoms with Gasteiger partial charge in [0.25, 0.3) is 0 Å². The summed E-state index contributed by atoms with van der Waals surface area (Å²) in [5, 5.41) is 13.9. The molecule has 2 aromatic rings. The number of H-pyrrole nitrogens is 1. The number of benzene rings is 1. The first-order valence-electron chi connectivity index (χ1n) is 5.85. The highest BCUT2D eigenvalue weighted by Gasteiger charge is 2.30. The minimum absolute atomic E-state index is 0.0154. The Morgan fingerprint density at radius 1 is 1.50 bits per heavy atom. The Morgan fingerprint density at radius 3 is 3.00 bits per heavy atom. The van der Waals surface area contributed by atoms with E-state index in [1.807, 2.05) is 25.1 Å². The Kier molecular flexibility index (Phi) is 2.57. The van der Waals surface area contributed by atoms with Gasteiger partial charge in [-0.3, -0.25) is 10.1 Å². The highest BCUT2D eigenvalue weighted by atomic mass is 35.5. The lowest BCUT2D eigenvalue weighted by Crippen LogP contribution is -2.43. The second kappa shape index (κ2) is 4.00. The number of aromatic amines is 1. The van der Waals surface area contributed by atoms with Crippen molar-refractivity contribution in [1.82, 2.24) is 10.3 Å². The summed E-state index contributed by atoms with van der Waals surface area (Å²) in [4.78, 5) is 14.4. The number of carboxylic acids is 1. The molecule has 3 rings (SSSR count). The molecule has 2 heterocycles. The van der Waals surface area contributed by atoms with E-state index in [1.54, 1.807) is 0 Å². The summed E-state index contributed by atoms with van der Waals surface area (Å²) in [7, 11) is 0. The highest BCUT2D eigenvalue weighted by molar-refractivity contribution is 6.35. The summed E-state index contributed by atoms with van der Waals surface area (Å²) in [5.74, 6) is -0.816. The van der Waals surface area contributed by atoms with E-state index in [-0.39, 0.29) is 6.04 Å². The van der Waals surface area contributed by atoms with Crippen molar-refractivity contribution in [3.05, 3.63) is 34.5 Å². The van der Waals surface area contributed by atoms with Gasteiger partial charge in [-0.25, -0.2) is 0 Å². The number of halogens is 1. The monoisotopic (exact) mass is 264 g/mol. The van der Waals surface area contributed by atoms with Crippen molar-refractivity contribution in [2.24, 2.45) is 0 Å². The molecular formula is C13H13ClN2O2. The molecule has 2 unspecified atom stereocenters. The lowest BCUT2D eigenvalue weighted by Gasteiger charge is -2.26. The molecule has 0 fully saturated rings. The maximum absolute atomic E-state index is 11.1. The molecule has 5 heteroatoms. The zero-order valence-electron chi connectivity index (χ0n) is 9.83. The zero-order valence-corrected chi connectivity index (χ0v) is 10.6. The predicted molar refractivity (Wildman–Crippen MR) is 70.0 cm³/mol. The van der Waals surface area contributed by atoms with Gasteiger partial charge in [-0.2, -0.15) is 0 Å². The smallest absolute Gasteiger partial charge is 0.321 e. The summed E-state index contributed by atoms with van der Waals surface area (Å²) >= 11 is 6.16. The second-order valence-corrected chi connectivity index (χ2v) is 5.07. The molecule has 1 aliphatic rings. The van der Waals surface area contributed by atoms with Crippen LogP contribution in [0.5, 0.6) is 0 Å². The van der Waals surface area contributed by atoms with Crippen LogP contribution in [0.2, 0.25) is 5.02 Å². The molecule has 2 atom stereocenters. The van der Waals surface area contributed by atoms with Crippen LogP contribution in [0.4, 0.5) is 0 Å². The minimum Gasteiger partial charge on any atom is -0.480 e. The minimum atomic E-state index is -0.816. The van der Waals surface area contributed by atoms with Gasteiger partial charge in [-0.05, 0) is 18.6 Å². The Balaban J connectivity index is 2.20. The van der Waals surface area contributed by atoms with Crippen LogP contribution in [0.25, 0.3) is 10.9 Å². The first kappa shape index (κ1) is 11.6.